The molecule has 1 heterocycles. The van der Waals surface area contributed by atoms with Crippen LogP contribution in [0.3, 0.4) is 0 Å². The van der Waals surface area contributed by atoms with Crippen molar-refractivity contribution in [3.8, 4) is 0 Å². The minimum absolute atomic E-state index is 0.356. The number of primary amides is 1. The third kappa shape index (κ3) is 7.14. The number of rotatable bonds is 10. The predicted molar refractivity (Wildman–Crippen MR) is 98.8 cm³/mol. The Morgan fingerprint density at radius 1 is 1.07 bits per heavy atom. The molecule has 1 saturated heterocycles. The van der Waals surface area contributed by atoms with Crippen molar-refractivity contribution in [1.29, 1.82) is 0 Å². The van der Waals surface area contributed by atoms with E-state index in [1.807, 2.05) is 0 Å². The zero-order valence-electron chi connectivity index (χ0n) is 16.3. The lowest BCUT2D eigenvalue weighted by atomic mass is 10.0. The third-order valence-electron chi connectivity index (χ3n) is 4.40. The quantitative estimate of drug-likeness (QED) is 0.242. The largest absolute Gasteiger partial charge is 0.480 e. The summed E-state index contributed by atoms with van der Waals surface area (Å²) in [6.45, 7) is 5.33. The second-order valence-electron chi connectivity index (χ2n) is 7.18. The lowest BCUT2D eigenvalue weighted by molar-refractivity contribution is -0.143. The van der Waals surface area contributed by atoms with Gasteiger partial charge in [0.15, 0.2) is 0 Å². The van der Waals surface area contributed by atoms with Crippen LogP contribution in [-0.2, 0) is 24.0 Å². The van der Waals surface area contributed by atoms with Gasteiger partial charge in [-0.05, 0) is 32.2 Å². The average molecular weight is 399 g/mol. The van der Waals surface area contributed by atoms with Crippen LogP contribution in [0.1, 0.15) is 40.0 Å². The number of carbonyl (C=O) groups is 5. The number of nitrogens with two attached hydrogens (primary N) is 1. The van der Waals surface area contributed by atoms with E-state index in [9.17, 15) is 24.0 Å². The van der Waals surface area contributed by atoms with E-state index in [2.05, 4.69) is 21.3 Å². The van der Waals surface area contributed by atoms with Gasteiger partial charge in [0.1, 0.15) is 18.1 Å². The van der Waals surface area contributed by atoms with Crippen molar-refractivity contribution in [2.75, 3.05) is 6.54 Å². The maximum absolute atomic E-state index is 12.4. The van der Waals surface area contributed by atoms with Gasteiger partial charge < -0.3 is 32.1 Å². The minimum Gasteiger partial charge on any atom is -0.480 e. The number of carboxylic acid groups (broad SMARTS) is 1. The Hall–Kier alpha value is -2.69. The molecule has 7 N–H and O–H groups in total. The van der Waals surface area contributed by atoms with Gasteiger partial charge in [-0.3, -0.25) is 19.2 Å². The Balaban J connectivity index is 2.71. The molecule has 1 aliphatic rings. The maximum Gasteiger partial charge on any atom is 0.326 e. The topological polar surface area (TPSA) is 180 Å². The van der Waals surface area contributed by atoms with Crippen LogP contribution in [0.5, 0.6) is 0 Å². The molecule has 1 fully saturated rings. The van der Waals surface area contributed by atoms with Crippen LogP contribution < -0.4 is 27.0 Å². The molecule has 4 amide bonds. The molecule has 0 bridgehead atoms. The summed E-state index contributed by atoms with van der Waals surface area (Å²) in [4.78, 5) is 59.3. The molecule has 28 heavy (non-hydrogen) atoms. The summed E-state index contributed by atoms with van der Waals surface area (Å²) in [6, 6.07) is -3.87. The molecular weight excluding hydrogens is 370 g/mol. The van der Waals surface area contributed by atoms with E-state index < -0.39 is 60.2 Å². The van der Waals surface area contributed by atoms with Crippen molar-refractivity contribution < 1.29 is 29.1 Å². The van der Waals surface area contributed by atoms with Crippen molar-refractivity contribution in [1.82, 2.24) is 21.3 Å². The normalized spacial score (nSPS) is 19.4. The van der Waals surface area contributed by atoms with Gasteiger partial charge >= 0.3 is 5.97 Å². The van der Waals surface area contributed by atoms with E-state index in [1.165, 1.54) is 6.92 Å². The van der Waals surface area contributed by atoms with E-state index in [-0.39, 0.29) is 5.92 Å². The zero-order valence-corrected chi connectivity index (χ0v) is 16.3. The lowest BCUT2D eigenvalue weighted by Crippen LogP contribution is -2.57. The highest BCUT2D eigenvalue weighted by molar-refractivity contribution is 5.96. The second-order valence-corrected chi connectivity index (χ2v) is 7.18. The molecular formula is C17H29N5O6. The van der Waals surface area contributed by atoms with Crippen LogP contribution in [0.15, 0.2) is 0 Å². The van der Waals surface area contributed by atoms with Crippen molar-refractivity contribution in [3.63, 3.8) is 0 Å². The molecule has 1 rings (SSSR count). The molecule has 0 saturated carbocycles. The molecule has 158 valence electrons. The molecule has 0 aliphatic carbocycles. The van der Waals surface area contributed by atoms with E-state index in [0.717, 1.165) is 6.42 Å². The lowest BCUT2D eigenvalue weighted by Gasteiger charge is -2.23. The van der Waals surface area contributed by atoms with Crippen LogP contribution in [0.25, 0.3) is 0 Å². The van der Waals surface area contributed by atoms with E-state index in [4.69, 9.17) is 10.8 Å². The Morgan fingerprint density at radius 3 is 2.18 bits per heavy atom. The van der Waals surface area contributed by atoms with Gasteiger partial charge in [0.2, 0.25) is 23.6 Å². The Labute approximate surface area is 163 Å². The number of hydrogen-bond acceptors (Lipinski definition) is 6. The molecule has 0 spiro atoms. The molecule has 0 aromatic rings. The van der Waals surface area contributed by atoms with Gasteiger partial charge in [-0.2, -0.15) is 0 Å². The van der Waals surface area contributed by atoms with Crippen LogP contribution >= 0.6 is 0 Å². The highest BCUT2D eigenvalue weighted by atomic mass is 16.4. The fraction of sp³-hybridized carbons (Fsp3) is 0.706. The number of carboxylic acids is 1. The van der Waals surface area contributed by atoms with Crippen molar-refractivity contribution >= 4 is 29.6 Å². The van der Waals surface area contributed by atoms with Crippen LogP contribution in [0, 0.1) is 5.92 Å². The first kappa shape index (κ1) is 23.3. The number of nitrogens with one attached hydrogen (secondary N) is 4. The third-order valence-corrected chi connectivity index (χ3v) is 4.40. The molecule has 11 nitrogen and oxygen atoms in total. The van der Waals surface area contributed by atoms with Crippen molar-refractivity contribution in [2.45, 2.75) is 64.2 Å². The first-order valence-corrected chi connectivity index (χ1v) is 9.18. The van der Waals surface area contributed by atoms with E-state index in [0.29, 0.717) is 13.0 Å². The van der Waals surface area contributed by atoms with E-state index in [1.54, 1.807) is 13.8 Å². The van der Waals surface area contributed by atoms with Crippen molar-refractivity contribution in [3.05, 3.63) is 0 Å². The summed E-state index contributed by atoms with van der Waals surface area (Å²) in [5, 5.41) is 19.3. The highest BCUT2D eigenvalue weighted by Gasteiger charge is 2.31. The minimum atomic E-state index is -1.23. The Kier molecular flexibility index (Phi) is 8.83. The first-order valence-electron chi connectivity index (χ1n) is 9.18. The molecule has 4 atom stereocenters. The van der Waals surface area contributed by atoms with Gasteiger partial charge in [0.05, 0.1) is 12.5 Å². The molecule has 0 radical (unpaired) electrons. The monoisotopic (exact) mass is 399 g/mol. The second kappa shape index (κ2) is 10.6. The van der Waals surface area contributed by atoms with Crippen LogP contribution in [-0.4, -0.2) is 65.4 Å². The van der Waals surface area contributed by atoms with Gasteiger partial charge in [-0.25, -0.2) is 4.79 Å². The molecule has 0 aromatic carbocycles. The van der Waals surface area contributed by atoms with E-state index >= 15 is 0 Å². The Morgan fingerprint density at radius 2 is 1.71 bits per heavy atom. The number of hydrogen-bond donors (Lipinski definition) is 6. The molecule has 4 unspecified atom stereocenters. The molecule has 0 aromatic heterocycles. The van der Waals surface area contributed by atoms with Crippen LogP contribution in [0.4, 0.5) is 0 Å². The molecule has 1 aliphatic heterocycles. The highest BCUT2D eigenvalue weighted by Crippen LogP contribution is 2.06. The van der Waals surface area contributed by atoms with Crippen molar-refractivity contribution in [2.24, 2.45) is 11.7 Å². The summed E-state index contributed by atoms with van der Waals surface area (Å²) in [6.07, 6.45) is 1.01. The fourth-order valence-corrected chi connectivity index (χ4v) is 2.76. The van der Waals surface area contributed by atoms with Crippen LogP contribution in [0.2, 0.25) is 0 Å². The average Bonchev–Trinajstić information content (AvgIpc) is 3.12. The van der Waals surface area contributed by atoms with Gasteiger partial charge in [-0.1, -0.05) is 13.8 Å². The maximum atomic E-state index is 12.4. The standard InChI is InChI=1S/C17H29N5O6/c1-8(2)13(17(27)28)22-14(24)9(3)20-16(26)11(7-12(18)23)21-15(25)10-5-4-6-19-10/h8-11,13,19H,4-7H2,1-3H3,(H2,18,23)(H,20,26)(H,21,25)(H,22,24)(H,27,28). The first-order chi connectivity index (χ1) is 13.0. The summed E-state index contributed by atoms with van der Waals surface area (Å²) >= 11 is 0. The Bertz CT molecular complexity index is 617. The number of amides is 4. The zero-order chi connectivity index (χ0) is 21.4. The molecule has 11 heteroatoms. The summed E-state index contributed by atoms with van der Waals surface area (Å²) in [7, 11) is 0. The predicted octanol–water partition coefficient (Wildman–Crippen LogP) is -2.17. The number of carbonyl (C=O) groups excluding carboxylic acids is 4. The number of aliphatic carboxylic acids is 1. The smallest absolute Gasteiger partial charge is 0.326 e. The fourth-order valence-electron chi connectivity index (χ4n) is 2.76. The summed E-state index contributed by atoms with van der Waals surface area (Å²) in [5.41, 5.74) is 5.15. The van der Waals surface area contributed by atoms with Gasteiger partial charge in [-0.15, -0.1) is 0 Å². The van der Waals surface area contributed by atoms with Gasteiger partial charge in [0.25, 0.3) is 0 Å². The summed E-state index contributed by atoms with van der Waals surface area (Å²) < 4.78 is 0. The summed E-state index contributed by atoms with van der Waals surface area (Å²) in [5.74, 6) is -4.22. The van der Waals surface area contributed by atoms with Gasteiger partial charge in [0, 0.05) is 0 Å². The SMILES string of the molecule is CC(NC(=O)C(CC(N)=O)NC(=O)C1CCCN1)C(=O)NC(C(=O)O)C(C)C.